The zero-order chi connectivity index (χ0) is 12.8. The van der Waals surface area contributed by atoms with Crippen molar-refractivity contribution >= 4 is 11.9 Å². The Kier molecular flexibility index (Phi) is 4.95. The SMILES string of the molecule is O=C(CCN1CC1)OCCOC(=O)CCN1CC1. The largest absolute Gasteiger partial charge is 0.462 e. The molecule has 2 fully saturated rings. The van der Waals surface area contributed by atoms with Crippen molar-refractivity contribution in [2.24, 2.45) is 0 Å². The Morgan fingerprint density at radius 3 is 1.50 bits per heavy atom. The fraction of sp³-hybridized carbons (Fsp3) is 0.833. The number of ether oxygens (including phenoxy) is 2. The average Bonchev–Trinajstić information content (AvgIpc) is 3.23. The van der Waals surface area contributed by atoms with Crippen molar-refractivity contribution < 1.29 is 19.1 Å². The van der Waals surface area contributed by atoms with Crippen molar-refractivity contribution in [3.8, 4) is 0 Å². The summed E-state index contributed by atoms with van der Waals surface area (Å²) in [5, 5.41) is 0. The molecule has 2 aliphatic heterocycles. The fourth-order valence-corrected chi connectivity index (χ4v) is 1.54. The van der Waals surface area contributed by atoms with Gasteiger partial charge in [-0.2, -0.15) is 0 Å². The minimum atomic E-state index is -0.220. The van der Waals surface area contributed by atoms with Crippen molar-refractivity contribution in [2.45, 2.75) is 12.8 Å². The van der Waals surface area contributed by atoms with E-state index in [1.165, 1.54) is 0 Å². The lowest BCUT2D eigenvalue weighted by molar-refractivity contribution is -0.152. The van der Waals surface area contributed by atoms with Crippen LogP contribution in [0.1, 0.15) is 12.8 Å². The lowest BCUT2D eigenvalue weighted by Crippen LogP contribution is -2.17. The van der Waals surface area contributed by atoms with Crippen molar-refractivity contribution in [3.05, 3.63) is 0 Å². The Bertz CT molecular complexity index is 270. The van der Waals surface area contributed by atoms with E-state index in [0.717, 1.165) is 39.3 Å². The molecule has 0 radical (unpaired) electrons. The molecule has 0 aromatic carbocycles. The second-order valence-corrected chi connectivity index (χ2v) is 4.62. The van der Waals surface area contributed by atoms with Crippen LogP contribution in [-0.4, -0.2) is 74.2 Å². The van der Waals surface area contributed by atoms with E-state index in [-0.39, 0.29) is 25.2 Å². The van der Waals surface area contributed by atoms with Gasteiger partial charge >= 0.3 is 11.9 Å². The molecule has 0 bridgehead atoms. The Hall–Kier alpha value is -1.14. The van der Waals surface area contributed by atoms with Crippen LogP contribution in [-0.2, 0) is 19.1 Å². The van der Waals surface area contributed by atoms with Crippen LogP contribution in [0, 0.1) is 0 Å². The van der Waals surface area contributed by atoms with Gasteiger partial charge in [-0.15, -0.1) is 0 Å². The molecule has 2 heterocycles. The van der Waals surface area contributed by atoms with Crippen molar-refractivity contribution in [1.82, 2.24) is 9.80 Å². The summed E-state index contributed by atoms with van der Waals surface area (Å²) in [7, 11) is 0. The molecule has 0 unspecified atom stereocenters. The van der Waals surface area contributed by atoms with E-state index >= 15 is 0 Å². The first-order valence-corrected chi connectivity index (χ1v) is 6.50. The second kappa shape index (κ2) is 6.70. The van der Waals surface area contributed by atoms with Crippen LogP contribution >= 0.6 is 0 Å². The lowest BCUT2D eigenvalue weighted by atomic mass is 10.4. The summed E-state index contributed by atoms with van der Waals surface area (Å²) in [6, 6.07) is 0. The average molecular weight is 256 g/mol. The molecule has 102 valence electrons. The molecule has 0 aromatic heterocycles. The van der Waals surface area contributed by atoms with E-state index < -0.39 is 0 Å². The molecule has 6 nitrogen and oxygen atoms in total. The molecule has 0 atom stereocenters. The van der Waals surface area contributed by atoms with Crippen LogP contribution in [0.25, 0.3) is 0 Å². The number of rotatable bonds is 9. The van der Waals surface area contributed by atoms with Gasteiger partial charge in [0.05, 0.1) is 12.8 Å². The highest BCUT2D eigenvalue weighted by molar-refractivity contribution is 5.70. The molecule has 0 N–H and O–H groups in total. The maximum absolute atomic E-state index is 11.2. The van der Waals surface area contributed by atoms with Gasteiger partial charge in [0.1, 0.15) is 13.2 Å². The Morgan fingerprint density at radius 1 is 0.778 bits per heavy atom. The van der Waals surface area contributed by atoms with Gasteiger partial charge in [-0.25, -0.2) is 0 Å². The summed E-state index contributed by atoms with van der Waals surface area (Å²) in [4.78, 5) is 26.8. The second-order valence-electron chi connectivity index (χ2n) is 4.62. The van der Waals surface area contributed by atoms with E-state index in [4.69, 9.17) is 9.47 Å². The molecular formula is C12H20N2O4. The number of carbonyl (C=O) groups is 2. The number of carbonyl (C=O) groups excluding carboxylic acids is 2. The predicted molar refractivity (Wildman–Crippen MR) is 64.0 cm³/mol. The molecule has 2 rings (SSSR count). The molecule has 0 spiro atoms. The molecule has 2 aliphatic rings. The normalized spacial score (nSPS) is 18.4. The number of nitrogens with zero attached hydrogens (tertiary/aromatic N) is 2. The monoisotopic (exact) mass is 256 g/mol. The van der Waals surface area contributed by atoms with Crippen LogP contribution in [0.5, 0.6) is 0 Å². The highest BCUT2D eigenvalue weighted by Crippen LogP contribution is 2.05. The molecule has 0 saturated carbocycles. The number of esters is 2. The summed E-state index contributed by atoms with van der Waals surface area (Å²) in [5.41, 5.74) is 0. The van der Waals surface area contributed by atoms with Crippen LogP contribution in [0.15, 0.2) is 0 Å². The zero-order valence-electron chi connectivity index (χ0n) is 10.6. The maximum atomic E-state index is 11.2. The maximum Gasteiger partial charge on any atom is 0.307 e. The topological polar surface area (TPSA) is 58.6 Å². The fourth-order valence-electron chi connectivity index (χ4n) is 1.54. The first-order valence-electron chi connectivity index (χ1n) is 6.50. The Balaban J connectivity index is 1.39. The van der Waals surface area contributed by atoms with Crippen LogP contribution in [0.3, 0.4) is 0 Å². The minimum Gasteiger partial charge on any atom is -0.462 e. The van der Waals surface area contributed by atoms with Gasteiger partial charge in [0, 0.05) is 39.3 Å². The van der Waals surface area contributed by atoms with Gasteiger partial charge in [0.2, 0.25) is 0 Å². The molecule has 6 heteroatoms. The highest BCUT2D eigenvalue weighted by Gasteiger charge is 2.19. The van der Waals surface area contributed by atoms with Crippen LogP contribution < -0.4 is 0 Å². The first kappa shape index (κ1) is 13.3. The van der Waals surface area contributed by atoms with Crippen molar-refractivity contribution in [2.75, 3.05) is 52.5 Å². The van der Waals surface area contributed by atoms with Gasteiger partial charge in [0.25, 0.3) is 0 Å². The molecule has 0 aliphatic carbocycles. The van der Waals surface area contributed by atoms with Crippen LogP contribution in [0.4, 0.5) is 0 Å². The predicted octanol–water partition coefficient (Wildman–Crippen LogP) is -0.516. The molecule has 2 saturated heterocycles. The molecule has 18 heavy (non-hydrogen) atoms. The van der Waals surface area contributed by atoms with Gasteiger partial charge < -0.3 is 19.3 Å². The quantitative estimate of drug-likeness (QED) is 0.314. The van der Waals surface area contributed by atoms with Gasteiger partial charge in [-0.05, 0) is 0 Å². The van der Waals surface area contributed by atoms with Gasteiger partial charge in [0.15, 0.2) is 0 Å². The Morgan fingerprint density at radius 2 is 1.17 bits per heavy atom. The van der Waals surface area contributed by atoms with Crippen LogP contribution in [0.2, 0.25) is 0 Å². The third-order valence-corrected chi connectivity index (χ3v) is 2.95. The van der Waals surface area contributed by atoms with Gasteiger partial charge in [-0.3, -0.25) is 9.59 Å². The van der Waals surface area contributed by atoms with Crippen molar-refractivity contribution in [3.63, 3.8) is 0 Å². The van der Waals surface area contributed by atoms with E-state index in [9.17, 15) is 9.59 Å². The number of hydrogen-bond acceptors (Lipinski definition) is 6. The summed E-state index contributed by atoms with van der Waals surface area (Å²) in [6.45, 7) is 6.21. The van der Waals surface area contributed by atoms with E-state index in [1.54, 1.807) is 0 Å². The third-order valence-electron chi connectivity index (χ3n) is 2.95. The molecule has 0 aromatic rings. The van der Waals surface area contributed by atoms with E-state index in [2.05, 4.69) is 9.80 Å². The smallest absolute Gasteiger partial charge is 0.307 e. The standard InChI is InChI=1S/C12H20N2O4/c15-11(1-3-13-5-6-13)17-9-10-18-12(16)2-4-14-7-8-14/h1-10H2. The third kappa shape index (κ3) is 5.97. The van der Waals surface area contributed by atoms with Crippen molar-refractivity contribution in [1.29, 1.82) is 0 Å². The molecule has 0 amide bonds. The summed E-state index contributed by atoms with van der Waals surface area (Å²) < 4.78 is 9.91. The molecular weight excluding hydrogens is 236 g/mol. The van der Waals surface area contributed by atoms with Gasteiger partial charge in [-0.1, -0.05) is 0 Å². The minimum absolute atomic E-state index is 0.161. The zero-order valence-corrected chi connectivity index (χ0v) is 10.6. The first-order chi connectivity index (χ1) is 8.74. The summed E-state index contributed by atoms with van der Waals surface area (Å²) in [6.07, 6.45) is 0.839. The number of hydrogen-bond donors (Lipinski definition) is 0. The van der Waals surface area contributed by atoms with E-state index in [1.807, 2.05) is 0 Å². The lowest BCUT2D eigenvalue weighted by Gasteiger charge is -2.06. The summed E-state index contributed by atoms with van der Waals surface area (Å²) >= 11 is 0. The Labute approximate surface area is 107 Å². The van der Waals surface area contributed by atoms with E-state index in [0.29, 0.717) is 12.8 Å². The summed E-state index contributed by atoms with van der Waals surface area (Å²) in [5.74, 6) is -0.441. The highest BCUT2D eigenvalue weighted by atomic mass is 16.6.